The molecule has 0 saturated heterocycles. The van der Waals surface area contributed by atoms with Crippen LogP contribution in [0.15, 0.2) is 91.0 Å². The molecule has 0 amide bonds. The second-order valence-corrected chi connectivity index (χ2v) is 12.4. The number of hydrogen-bond acceptors (Lipinski definition) is 8. The SMILES string of the molecule is C=C(CO)C(=O)OCCOc1cc(OCCOC(=O)C(C)(C)CO)c2ccc(-c3ccc(-c4ccc(CCCCC)cc4)cc3)cc2c1. The van der Waals surface area contributed by atoms with E-state index in [-0.39, 0.29) is 38.6 Å². The summed E-state index contributed by atoms with van der Waals surface area (Å²) in [7, 11) is 0. The number of esters is 2. The highest BCUT2D eigenvalue weighted by Crippen LogP contribution is 2.35. The topological polar surface area (TPSA) is 112 Å². The van der Waals surface area contributed by atoms with Crippen LogP contribution < -0.4 is 9.47 Å². The van der Waals surface area contributed by atoms with Crippen LogP contribution in [0.1, 0.15) is 45.6 Å². The van der Waals surface area contributed by atoms with Crippen LogP contribution in [0.25, 0.3) is 33.0 Å². The van der Waals surface area contributed by atoms with E-state index in [4.69, 9.17) is 24.1 Å². The predicted octanol–water partition coefficient (Wildman–Crippen LogP) is 7.32. The maximum atomic E-state index is 12.2. The van der Waals surface area contributed by atoms with Crippen LogP contribution in [0.5, 0.6) is 11.5 Å². The summed E-state index contributed by atoms with van der Waals surface area (Å²) in [4.78, 5) is 24.1. The third kappa shape index (κ3) is 9.92. The molecule has 254 valence electrons. The van der Waals surface area contributed by atoms with Crippen molar-refractivity contribution < 1.29 is 38.7 Å². The van der Waals surface area contributed by atoms with Crippen molar-refractivity contribution in [3.05, 3.63) is 96.6 Å². The van der Waals surface area contributed by atoms with Crippen molar-refractivity contribution in [2.24, 2.45) is 5.41 Å². The molecule has 4 aromatic carbocycles. The fraction of sp³-hybridized carbons (Fsp3) is 0.350. The van der Waals surface area contributed by atoms with E-state index in [0.29, 0.717) is 11.5 Å². The molecule has 0 atom stereocenters. The highest BCUT2D eigenvalue weighted by atomic mass is 16.6. The lowest BCUT2D eigenvalue weighted by atomic mass is 9.95. The number of carbonyl (C=O) groups is 2. The molecule has 0 spiro atoms. The predicted molar refractivity (Wildman–Crippen MR) is 188 cm³/mol. The van der Waals surface area contributed by atoms with Crippen LogP contribution in [0.4, 0.5) is 0 Å². The summed E-state index contributed by atoms with van der Waals surface area (Å²) in [5, 5.41) is 20.2. The highest BCUT2D eigenvalue weighted by Gasteiger charge is 2.28. The molecule has 2 N–H and O–H groups in total. The molecule has 0 fully saturated rings. The Kier molecular flexibility index (Phi) is 13.2. The van der Waals surface area contributed by atoms with Gasteiger partial charge in [0.05, 0.1) is 24.2 Å². The van der Waals surface area contributed by atoms with Gasteiger partial charge in [0.1, 0.15) is 37.9 Å². The number of aliphatic hydroxyl groups is 2. The van der Waals surface area contributed by atoms with Gasteiger partial charge < -0.3 is 29.2 Å². The van der Waals surface area contributed by atoms with Crippen molar-refractivity contribution in [3.8, 4) is 33.8 Å². The average Bonchev–Trinajstić information content (AvgIpc) is 3.11. The second-order valence-electron chi connectivity index (χ2n) is 12.4. The molecule has 4 aromatic rings. The summed E-state index contributed by atoms with van der Waals surface area (Å²) in [6.45, 7) is 8.25. The van der Waals surface area contributed by atoms with Crippen LogP contribution in [-0.4, -0.2) is 61.8 Å². The molecule has 0 aliphatic heterocycles. The minimum absolute atomic E-state index is 0.00551. The van der Waals surface area contributed by atoms with Crippen molar-refractivity contribution in [1.29, 1.82) is 0 Å². The van der Waals surface area contributed by atoms with Gasteiger partial charge in [-0.1, -0.05) is 87.0 Å². The second kappa shape index (κ2) is 17.5. The Balaban J connectivity index is 1.51. The van der Waals surface area contributed by atoms with Gasteiger partial charge in [0.15, 0.2) is 0 Å². The van der Waals surface area contributed by atoms with E-state index in [2.05, 4.69) is 68.1 Å². The van der Waals surface area contributed by atoms with E-state index in [0.717, 1.165) is 33.9 Å². The standard InChI is InChI=1S/C40H46O8/c1-5-6-7-8-29-9-11-30(12-10-29)31-13-15-32(16-14-31)33-17-18-36-34(23-33)24-35(45-19-21-47-38(43)28(2)26-41)25-37(36)46-20-22-48-39(44)40(3,4)27-42/h9-18,23-25,41-42H,2,5-8,19-22,26-27H2,1,3-4H3. The third-order valence-corrected chi connectivity index (χ3v) is 8.05. The van der Waals surface area contributed by atoms with Crippen molar-refractivity contribution in [1.82, 2.24) is 0 Å². The van der Waals surface area contributed by atoms with Crippen LogP contribution >= 0.6 is 0 Å². The summed E-state index contributed by atoms with van der Waals surface area (Å²) in [5.41, 5.74) is 4.74. The minimum atomic E-state index is -0.999. The van der Waals surface area contributed by atoms with Crippen LogP contribution in [0.3, 0.4) is 0 Å². The Morgan fingerprint density at radius 3 is 1.98 bits per heavy atom. The normalized spacial score (nSPS) is 11.3. The van der Waals surface area contributed by atoms with Crippen molar-refractivity contribution in [2.45, 2.75) is 46.5 Å². The lowest BCUT2D eigenvalue weighted by Gasteiger charge is -2.19. The smallest absolute Gasteiger partial charge is 0.335 e. The quantitative estimate of drug-likeness (QED) is 0.0653. The lowest BCUT2D eigenvalue weighted by Crippen LogP contribution is -2.31. The number of ether oxygens (including phenoxy) is 4. The molecule has 0 aromatic heterocycles. The maximum Gasteiger partial charge on any atom is 0.335 e. The van der Waals surface area contributed by atoms with E-state index in [1.54, 1.807) is 19.9 Å². The first-order valence-electron chi connectivity index (χ1n) is 16.4. The van der Waals surface area contributed by atoms with E-state index >= 15 is 0 Å². The Morgan fingerprint density at radius 2 is 1.33 bits per heavy atom. The third-order valence-electron chi connectivity index (χ3n) is 8.05. The van der Waals surface area contributed by atoms with Gasteiger partial charge in [-0.2, -0.15) is 0 Å². The van der Waals surface area contributed by atoms with Gasteiger partial charge >= 0.3 is 11.9 Å². The van der Waals surface area contributed by atoms with Crippen LogP contribution in [0, 0.1) is 5.41 Å². The monoisotopic (exact) mass is 654 g/mol. The lowest BCUT2D eigenvalue weighted by molar-refractivity contribution is -0.156. The number of unbranched alkanes of at least 4 members (excludes halogenated alkanes) is 2. The number of carbonyl (C=O) groups excluding carboxylic acids is 2. The summed E-state index contributed by atoms with van der Waals surface area (Å²) < 4.78 is 22.4. The van der Waals surface area contributed by atoms with E-state index in [1.165, 1.54) is 30.4 Å². The first-order chi connectivity index (χ1) is 23.1. The van der Waals surface area contributed by atoms with E-state index in [1.807, 2.05) is 18.2 Å². The molecule has 4 rings (SSSR count). The fourth-order valence-electron chi connectivity index (χ4n) is 5.00. The van der Waals surface area contributed by atoms with Crippen molar-refractivity contribution in [3.63, 3.8) is 0 Å². The summed E-state index contributed by atoms with van der Waals surface area (Å²) >= 11 is 0. The Morgan fingerprint density at radius 1 is 0.729 bits per heavy atom. The molecule has 0 unspecified atom stereocenters. The molecule has 8 heteroatoms. The van der Waals surface area contributed by atoms with Crippen LogP contribution in [-0.2, 0) is 25.5 Å². The molecule has 0 radical (unpaired) electrons. The van der Waals surface area contributed by atoms with Gasteiger partial charge in [0, 0.05) is 11.5 Å². The summed E-state index contributed by atoms with van der Waals surface area (Å²) in [5.74, 6) is -0.161. The average molecular weight is 655 g/mol. The molecular weight excluding hydrogens is 608 g/mol. The zero-order valence-corrected chi connectivity index (χ0v) is 28.1. The van der Waals surface area contributed by atoms with Crippen molar-refractivity contribution in [2.75, 3.05) is 39.6 Å². The molecule has 0 saturated carbocycles. The fourth-order valence-corrected chi connectivity index (χ4v) is 5.00. The molecule has 48 heavy (non-hydrogen) atoms. The van der Waals surface area contributed by atoms with Gasteiger partial charge in [-0.05, 0) is 72.0 Å². The van der Waals surface area contributed by atoms with Gasteiger partial charge in [-0.25, -0.2) is 4.79 Å². The zero-order chi connectivity index (χ0) is 34.5. The minimum Gasteiger partial charge on any atom is -0.490 e. The maximum absolute atomic E-state index is 12.2. The number of benzene rings is 4. The Hall–Kier alpha value is -4.66. The number of hydrogen-bond donors (Lipinski definition) is 2. The first kappa shape index (κ1) is 36.2. The molecule has 8 nitrogen and oxygen atoms in total. The van der Waals surface area contributed by atoms with Gasteiger partial charge in [-0.3, -0.25) is 4.79 Å². The number of aliphatic hydroxyl groups excluding tert-OH is 2. The molecule has 0 aliphatic carbocycles. The largest absolute Gasteiger partial charge is 0.490 e. The molecule has 0 aliphatic rings. The zero-order valence-electron chi connectivity index (χ0n) is 28.1. The Bertz CT molecular complexity index is 1670. The first-order valence-corrected chi connectivity index (χ1v) is 16.4. The molecule has 0 heterocycles. The highest BCUT2D eigenvalue weighted by molar-refractivity contribution is 5.93. The summed E-state index contributed by atoms with van der Waals surface area (Å²) in [6, 6.07) is 27.0. The van der Waals surface area contributed by atoms with E-state index in [9.17, 15) is 14.7 Å². The molecular formula is C40H46O8. The number of fused-ring (bicyclic) bond motifs is 1. The molecule has 0 bridgehead atoms. The van der Waals surface area contributed by atoms with Gasteiger partial charge in [-0.15, -0.1) is 0 Å². The number of rotatable bonds is 18. The number of aryl methyl sites for hydroxylation is 1. The van der Waals surface area contributed by atoms with Crippen LogP contribution in [0.2, 0.25) is 0 Å². The van der Waals surface area contributed by atoms with Crippen molar-refractivity contribution >= 4 is 22.7 Å². The van der Waals surface area contributed by atoms with E-state index < -0.39 is 24.0 Å². The van der Waals surface area contributed by atoms with Gasteiger partial charge in [0.2, 0.25) is 0 Å². The summed E-state index contributed by atoms with van der Waals surface area (Å²) in [6.07, 6.45) is 4.80. The Labute approximate surface area is 282 Å². The van der Waals surface area contributed by atoms with Gasteiger partial charge in [0.25, 0.3) is 0 Å².